The van der Waals surface area contributed by atoms with Crippen molar-refractivity contribution in [3.63, 3.8) is 0 Å². The monoisotopic (exact) mass is 487 g/mol. The topological polar surface area (TPSA) is 79.0 Å². The molecule has 0 saturated heterocycles. The molecular formula is C20H30IN3O3. The number of hydrogen-bond donors (Lipinski definition) is 3. The standard InChI is InChI=1S/C20H29N3O3.HI/c1-5-21-19(22-12-13-25-17-9-6-15(2)7-10-17)23-14-20(4,24)18-11-8-16(3)26-18;/h6-11,24H,5,12-14H2,1-4H3,(H2,21,22,23);1H. The fraction of sp³-hybridized carbons (Fsp3) is 0.450. The van der Waals surface area contributed by atoms with Gasteiger partial charge in [0.25, 0.3) is 0 Å². The molecule has 150 valence electrons. The number of guanidine groups is 1. The molecule has 1 heterocycles. The van der Waals surface area contributed by atoms with Crippen LogP contribution in [0.3, 0.4) is 0 Å². The SMILES string of the molecule is CCNC(=NCC(C)(O)c1ccc(C)o1)NCCOc1ccc(C)cc1.I. The molecule has 0 saturated carbocycles. The van der Waals surface area contributed by atoms with Gasteiger partial charge in [0.2, 0.25) is 0 Å². The predicted octanol–water partition coefficient (Wildman–Crippen LogP) is 3.36. The number of aryl methyl sites for hydroxylation is 2. The van der Waals surface area contributed by atoms with E-state index in [4.69, 9.17) is 9.15 Å². The summed E-state index contributed by atoms with van der Waals surface area (Å²) in [6, 6.07) is 11.6. The highest BCUT2D eigenvalue weighted by Crippen LogP contribution is 2.23. The molecule has 1 atom stereocenters. The molecule has 0 bridgehead atoms. The van der Waals surface area contributed by atoms with Gasteiger partial charge in [-0.2, -0.15) is 0 Å². The molecule has 0 spiro atoms. The summed E-state index contributed by atoms with van der Waals surface area (Å²) in [6.07, 6.45) is 0. The molecule has 2 aromatic rings. The molecule has 0 aliphatic heterocycles. The van der Waals surface area contributed by atoms with Crippen LogP contribution in [0.15, 0.2) is 45.8 Å². The lowest BCUT2D eigenvalue weighted by molar-refractivity contribution is 0.0428. The van der Waals surface area contributed by atoms with Crippen LogP contribution >= 0.6 is 24.0 Å². The van der Waals surface area contributed by atoms with Crippen LogP contribution in [0.5, 0.6) is 5.75 Å². The second-order valence-corrected chi connectivity index (χ2v) is 6.47. The minimum Gasteiger partial charge on any atom is -0.492 e. The van der Waals surface area contributed by atoms with Crippen molar-refractivity contribution >= 4 is 29.9 Å². The molecule has 1 aromatic heterocycles. The Morgan fingerprint density at radius 2 is 1.85 bits per heavy atom. The van der Waals surface area contributed by atoms with Crippen LogP contribution < -0.4 is 15.4 Å². The molecule has 27 heavy (non-hydrogen) atoms. The number of aliphatic imine (C=N–C) groups is 1. The third-order valence-electron chi connectivity index (χ3n) is 3.84. The molecular weight excluding hydrogens is 457 g/mol. The molecule has 0 aliphatic carbocycles. The summed E-state index contributed by atoms with van der Waals surface area (Å²) in [5.74, 6) is 2.75. The van der Waals surface area contributed by atoms with Gasteiger partial charge in [0, 0.05) is 6.54 Å². The van der Waals surface area contributed by atoms with Crippen LogP contribution in [0.25, 0.3) is 0 Å². The molecule has 0 amide bonds. The van der Waals surface area contributed by atoms with E-state index >= 15 is 0 Å². The number of furan rings is 1. The number of ether oxygens (including phenoxy) is 1. The number of hydrogen-bond acceptors (Lipinski definition) is 4. The highest BCUT2D eigenvalue weighted by atomic mass is 127. The van der Waals surface area contributed by atoms with Crippen molar-refractivity contribution in [2.24, 2.45) is 4.99 Å². The molecule has 1 unspecified atom stereocenters. The fourth-order valence-corrected chi connectivity index (χ4v) is 2.35. The zero-order chi connectivity index (χ0) is 19.0. The lowest BCUT2D eigenvalue weighted by Crippen LogP contribution is -2.40. The predicted molar refractivity (Wildman–Crippen MR) is 119 cm³/mol. The number of halogens is 1. The van der Waals surface area contributed by atoms with E-state index in [0.717, 1.165) is 18.1 Å². The average Bonchev–Trinajstić information content (AvgIpc) is 3.05. The summed E-state index contributed by atoms with van der Waals surface area (Å²) in [7, 11) is 0. The second-order valence-electron chi connectivity index (χ2n) is 6.47. The van der Waals surface area contributed by atoms with Gasteiger partial charge in [0.1, 0.15) is 29.5 Å². The first kappa shape index (κ1) is 23.3. The highest BCUT2D eigenvalue weighted by molar-refractivity contribution is 14.0. The normalized spacial score (nSPS) is 13.4. The summed E-state index contributed by atoms with van der Waals surface area (Å²) < 4.78 is 11.2. The maximum absolute atomic E-state index is 10.6. The third kappa shape index (κ3) is 7.80. The first-order valence-electron chi connectivity index (χ1n) is 8.91. The number of rotatable bonds is 8. The van der Waals surface area contributed by atoms with E-state index in [1.54, 1.807) is 13.0 Å². The summed E-state index contributed by atoms with van der Waals surface area (Å²) in [5, 5.41) is 16.9. The zero-order valence-corrected chi connectivity index (χ0v) is 18.7. The molecule has 3 N–H and O–H groups in total. The number of aliphatic hydroxyl groups is 1. The average molecular weight is 487 g/mol. The first-order valence-corrected chi connectivity index (χ1v) is 8.91. The first-order chi connectivity index (χ1) is 12.4. The summed E-state index contributed by atoms with van der Waals surface area (Å²) in [4.78, 5) is 4.46. The van der Waals surface area contributed by atoms with Gasteiger partial charge in [-0.3, -0.25) is 0 Å². The Kier molecular flexibility index (Phi) is 9.65. The smallest absolute Gasteiger partial charge is 0.191 e. The summed E-state index contributed by atoms with van der Waals surface area (Å²) in [6.45, 7) is 9.61. The Labute approximate surface area is 178 Å². The van der Waals surface area contributed by atoms with E-state index in [1.165, 1.54) is 5.56 Å². The van der Waals surface area contributed by atoms with Gasteiger partial charge in [-0.05, 0) is 52.0 Å². The van der Waals surface area contributed by atoms with Gasteiger partial charge >= 0.3 is 0 Å². The van der Waals surface area contributed by atoms with Crippen molar-refractivity contribution in [3.8, 4) is 5.75 Å². The largest absolute Gasteiger partial charge is 0.492 e. The Morgan fingerprint density at radius 1 is 1.15 bits per heavy atom. The van der Waals surface area contributed by atoms with Crippen LogP contribution in [0.1, 0.15) is 30.9 Å². The van der Waals surface area contributed by atoms with Crippen LogP contribution in [0.4, 0.5) is 0 Å². The number of benzene rings is 1. The van der Waals surface area contributed by atoms with Crippen molar-refractivity contribution in [2.75, 3.05) is 26.2 Å². The third-order valence-corrected chi connectivity index (χ3v) is 3.84. The van der Waals surface area contributed by atoms with E-state index in [1.807, 2.05) is 51.1 Å². The molecule has 2 rings (SSSR count). The van der Waals surface area contributed by atoms with Crippen molar-refractivity contribution < 1.29 is 14.3 Å². The van der Waals surface area contributed by atoms with Gasteiger partial charge in [-0.15, -0.1) is 24.0 Å². The van der Waals surface area contributed by atoms with Crippen molar-refractivity contribution in [3.05, 3.63) is 53.5 Å². The molecule has 0 aliphatic rings. The Hall–Kier alpha value is -1.74. The molecule has 6 nitrogen and oxygen atoms in total. The van der Waals surface area contributed by atoms with Crippen molar-refractivity contribution in [1.82, 2.24) is 10.6 Å². The molecule has 7 heteroatoms. The van der Waals surface area contributed by atoms with Gasteiger partial charge < -0.3 is 24.9 Å². The molecule has 0 radical (unpaired) electrons. The van der Waals surface area contributed by atoms with E-state index in [0.29, 0.717) is 24.9 Å². The second kappa shape index (κ2) is 11.2. The Balaban J connectivity index is 0.00000364. The van der Waals surface area contributed by atoms with Gasteiger partial charge in [-0.1, -0.05) is 17.7 Å². The quantitative estimate of drug-likeness (QED) is 0.231. The minimum absolute atomic E-state index is 0. The van der Waals surface area contributed by atoms with Crippen LogP contribution in [0.2, 0.25) is 0 Å². The summed E-state index contributed by atoms with van der Waals surface area (Å²) >= 11 is 0. The molecule has 1 aromatic carbocycles. The molecule has 0 fully saturated rings. The van der Waals surface area contributed by atoms with Gasteiger partial charge in [0.05, 0.1) is 13.1 Å². The van der Waals surface area contributed by atoms with Crippen LogP contribution in [0, 0.1) is 13.8 Å². The number of nitrogens with one attached hydrogen (secondary N) is 2. The van der Waals surface area contributed by atoms with E-state index in [-0.39, 0.29) is 30.5 Å². The Bertz CT molecular complexity index is 712. The van der Waals surface area contributed by atoms with E-state index < -0.39 is 5.60 Å². The maximum Gasteiger partial charge on any atom is 0.191 e. The van der Waals surface area contributed by atoms with Gasteiger partial charge in [-0.25, -0.2) is 4.99 Å². The van der Waals surface area contributed by atoms with Crippen molar-refractivity contribution in [1.29, 1.82) is 0 Å². The summed E-state index contributed by atoms with van der Waals surface area (Å²) in [5.41, 5.74) is 0.0468. The lowest BCUT2D eigenvalue weighted by atomic mass is 10.0. The Morgan fingerprint density at radius 3 is 2.44 bits per heavy atom. The van der Waals surface area contributed by atoms with E-state index in [9.17, 15) is 5.11 Å². The maximum atomic E-state index is 10.6. The highest BCUT2D eigenvalue weighted by Gasteiger charge is 2.26. The number of nitrogens with zero attached hydrogens (tertiary/aromatic N) is 1. The van der Waals surface area contributed by atoms with E-state index in [2.05, 4.69) is 15.6 Å². The van der Waals surface area contributed by atoms with Crippen LogP contribution in [-0.4, -0.2) is 37.3 Å². The van der Waals surface area contributed by atoms with Crippen molar-refractivity contribution in [2.45, 2.75) is 33.3 Å². The zero-order valence-electron chi connectivity index (χ0n) is 16.4. The van der Waals surface area contributed by atoms with Gasteiger partial charge in [0.15, 0.2) is 5.96 Å². The fourth-order valence-electron chi connectivity index (χ4n) is 2.35. The van der Waals surface area contributed by atoms with Crippen LogP contribution in [-0.2, 0) is 5.60 Å². The minimum atomic E-state index is -1.16. The lowest BCUT2D eigenvalue weighted by Gasteiger charge is -2.19.